The molecule has 1 spiro atoms. The summed E-state index contributed by atoms with van der Waals surface area (Å²) < 4.78 is 42.4. The number of methoxy groups -OCH3 is 3. The average molecular weight is 435 g/mol. The lowest BCUT2D eigenvalue weighted by atomic mass is 9.64. The summed E-state index contributed by atoms with van der Waals surface area (Å²) >= 11 is 0. The molecule has 1 atom stereocenters. The average Bonchev–Trinajstić information content (AvgIpc) is 2.71. The number of phenolic OH excluding ortho intramolecular Hbond substituents is 1. The Hall–Kier alpha value is -2.52. The van der Waals surface area contributed by atoms with Gasteiger partial charge in [-0.2, -0.15) is 4.31 Å². The van der Waals surface area contributed by atoms with E-state index < -0.39 is 21.5 Å². The summed E-state index contributed by atoms with van der Waals surface area (Å²) in [5.41, 5.74) is 1.35. The number of sulfonamides is 1. The van der Waals surface area contributed by atoms with E-state index in [2.05, 4.69) is 0 Å². The Morgan fingerprint density at radius 2 is 1.77 bits per heavy atom. The van der Waals surface area contributed by atoms with Gasteiger partial charge >= 0.3 is 0 Å². The number of allylic oxidation sites excluding steroid dienone is 2. The highest BCUT2D eigenvalue weighted by molar-refractivity contribution is 7.88. The van der Waals surface area contributed by atoms with Gasteiger partial charge in [-0.05, 0) is 48.6 Å². The molecule has 1 aromatic rings. The third-order valence-electron chi connectivity index (χ3n) is 6.28. The van der Waals surface area contributed by atoms with Crippen LogP contribution in [0.4, 0.5) is 0 Å². The first-order valence-electron chi connectivity index (χ1n) is 9.65. The second kappa shape index (κ2) is 7.02. The molecule has 1 aromatic carbocycles. The number of rotatable bonds is 4. The molecule has 9 heteroatoms. The summed E-state index contributed by atoms with van der Waals surface area (Å²) in [5.74, 6) is 0.123. The number of carbonyl (C=O) groups is 1. The Morgan fingerprint density at radius 1 is 1.13 bits per heavy atom. The second-order valence-corrected chi connectivity index (χ2v) is 9.78. The van der Waals surface area contributed by atoms with E-state index in [0.717, 1.165) is 11.1 Å². The van der Waals surface area contributed by atoms with Crippen molar-refractivity contribution in [1.82, 2.24) is 4.31 Å². The predicted octanol–water partition coefficient (Wildman–Crippen LogP) is 1.93. The molecule has 0 amide bonds. The highest BCUT2D eigenvalue weighted by atomic mass is 32.2. The Balaban J connectivity index is 2.04. The summed E-state index contributed by atoms with van der Waals surface area (Å²) in [6.07, 6.45) is 6.08. The van der Waals surface area contributed by atoms with Gasteiger partial charge < -0.3 is 19.3 Å². The Bertz CT molecular complexity index is 1060. The molecule has 4 rings (SSSR count). The van der Waals surface area contributed by atoms with Crippen molar-refractivity contribution in [2.45, 2.75) is 30.7 Å². The number of nitrogens with zero attached hydrogens (tertiary/aromatic N) is 1. The molecular weight excluding hydrogens is 410 g/mol. The van der Waals surface area contributed by atoms with Gasteiger partial charge in [-0.1, -0.05) is 0 Å². The molecule has 0 fully saturated rings. The predicted molar refractivity (Wildman–Crippen MR) is 109 cm³/mol. The fourth-order valence-corrected chi connectivity index (χ4v) is 6.10. The van der Waals surface area contributed by atoms with Crippen molar-refractivity contribution >= 4 is 15.8 Å². The Labute approximate surface area is 175 Å². The van der Waals surface area contributed by atoms with Crippen molar-refractivity contribution < 1.29 is 32.5 Å². The van der Waals surface area contributed by atoms with Gasteiger partial charge in [0, 0.05) is 17.5 Å². The fourth-order valence-electron chi connectivity index (χ4n) is 5.00. The van der Waals surface area contributed by atoms with Gasteiger partial charge in [-0.25, -0.2) is 8.42 Å². The monoisotopic (exact) mass is 435 g/mol. The van der Waals surface area contributed by atoms with Gasteiger partial charge in [0.25, 0.3) is 5.78 Å². The van der Waals surface area contributed by atoms with Crippen LogP contribution in [0.15, 0.2) is 29.7 Å². The molecule has 0 aromatic heterocycles. The molecule has 162 valence electrons. The molecular formula is C21H25NO7S. The molecule has 1 heterocycles. The van der Waals surface area contributed by atoms with Crippen LogP contribution in [0.25, 0.3) is 0 Å². The van der Waals surface area contributed by atoms with E-state index in [0.29, 0.717) is 37.1 Å². The van der Waals surface area contributed by atoms with Crippen molar-refractivity contribution in [3.05, 3.63) is 46.4 Å². The molecule has 0 bridgehead atoms. The van der Waals surface area contributed by atoms with Gasteiger partial charge in [-0.15, -0.1) is 0 Å². The van der Waals surface area contributed by atoms with E-state index in [4.69, 9.17) is 14.2 Å². The van der Waals surface area contributed by atoms with Crippen LogP contribution >= 0.6 is 0 Å². The first-order valence-corrected chi connectivity index (χ1v) is 11.5. The Kier molecular flexibility index (Phi) is 4.85. The van der Waals surface area contributed by atoms with E-state index in [1.54, 1.807) is 18.2 Å². The van der Waals surface area contributed by atoms with Crippen LogP contribution in [0.1, 0.15) is 35.6 Å². The molecule has 0 unspecified atom stereocenters. The third kappa shape index (κ3) is 2.91. The zero-order valence-electron chi connectivity index (χ0n) is 17.4. The van der Waals surface area contributed by atoms with Crippen LogP contribution in [0, 0.1) is 0 Å². The molecule has 0 radical (unpaired) electrons. The molecule has 3 aliphatic rings. The van der Waals surface area contributed by atoms with Crippen molar-refractivity contribution in [2.24, 2.45) is 0 Å². The first kappa shape index (κ1) is 20.7. The van der Waals surface area contributed by atoms with Crippen LogP contribution in [-0.2, 0) is 36.1 Å². The van der Waals surface area contributed by atoms with E-state index in [1.807, 2.05) is 0 Å². The number of Topliss-reactive ketones (excluding diaryl/α,β-unsaturated/α-hetero) is 1. The summed E-state index contributed by atoms with van der Waals surface area (Å²) in [7, 11) is 0.860. The number of fused-ring (bicyclic) bond motifs is 1. The van der Waals surface area contributed by atoms with Crippen molar-refractivity contribution in [1.29, 1.82) is 0 Å². The highest BCUT2D eigenvalue weighted by Crippen LogP contribution is 2.56. The summed E-state index contributed by atoms with van der Waals surface area (Å²) in [4.78, 5) is 12.6. The number of hydrogen-bond donors (Lipinski definition) is 1. The van der Waals surface area contributed by atoms with Crippen molar-refractivity contribution in [3.63, 3.8) is 0 Å². The molecule has 1 N–H and O–H groups in total. The van der Waals surface area contributed by atoms with Crippen LogP contribution in [0.3, 0.4) is 0 Å². The maximum absolute atomic E-state index is 12.6. The molecule has 1 aliphatic heterocycles. The quantitative estimate of drug-likeness (QED) is 0.771. The van der Waals surface area contributed by atoms with E-state index >= 15 is 0 Å². The molecule has 8 nitrogen and oxygen atoms in total. The number of phenols is 1. The van der Waals surface area contributed by atoms with E-state index in [9.17, 15) is 18.3 Å². The number of hydrogen-bond acceptors (Lipinski definition) is 7. The second-order valence-electron chi connectivity index (χ2n) is 7.85. The van der Waals surface area contributed by atoms with Crippen LogP contribution in [-0.4, -0.2) is 57.7 Å². The summed E-state index contributed by atoms with van der Waals surface area (Å²) in [6, 6.07) is 1.38. The minimum Gasteiger partial charge on any atom is -0.504 e. The summed E-state index contributed by atoms with van der Waals surface area (Å²) in [6.45, 7) is 0.369. The third-order valence-corrected chi connectivity index (χ3v) is 7.57. The standard InChI is InChI=1S/C21H25NO7S/c1-27-14-9-12-6-8-22(30(4,25)26)13-5-7-21(18(17(12)13)20(14)24)10-15(28-2)19(23)16(11-21)29-3/h9-11,13,24H,5-8H2,1-4H3/t13-/m0/s1. The van der Waals surface area contributed by atoms with Gasteiger partial charge in [-0.3, -0.25) is 4.79 Å². The smallest absolute Gasteiger partial charge is 0.261 e. The minimum atomic E-state index is -3.44. The molecule has 0 saturated carbocycles. The number of benzene rings is 1. The lowest BCUT2D eigenvalue weighted by molar-refractivity contribution is -0.118. The fraction of sp³-hybridized carbons (Fsp3) is 0.476. The number of aromatic hydroxyl groups is 1. The van der Waals surface area contributed by atoms with Crippen LogP contribution in [0.5, 0.6) is 11.5 Å². The SMILES string of the molecule is COC1=CC2(C=C(OC)C1=O)CC[C@H]1c3c(cc(OC)c(O)c32)CCN1S(C)(=O)=O. The Morgan fingerprint density at radius 3 is 2.30 bits per heavy atom. The summed E-state index contributed by atoms with van der Waals surface area (Å²) in [5, 5.41) is 11.2. The molecule has 30 heavy (non-hydrogen) atoms. The zero-order valence-corrected chi connectivity index (χ0v) is 18.2. The zero-order chi connectivity index (χ0) is 21.8. The molecule has 0 saturated heterocycles. The number of carbonyl (C=O) groups excluding carboxylic acids is 1. The van der Waals surface area contributed by atoms with Crippen molar-refractivity contribution in [3.8, 4) is 11.5 Å². The largest absolute Gasteiger partial charge is 0.504 e. The van der Waals surface area contributed by atoms with Crippen molar-refractivity contribution in [2.75, 3.05) is 34.1 Å². The topological polar surface area (TPSA) is 102 Å². The van der Waals surface area contributed by atoms with Gasteiger partial charge in [0.15, 0.2) is 23.0 Å². The normalized spacial score (nSPS) is 22.8. The van der Waals surface area contributed by atoms with E-state index in [-0.39, 0.29) is 23.1 Å². The van der Waals surface area contributed by atoms with Crippen LogP contribution < -0.4 is 4.74 Å². The number of ether oxygens (including phenoxy) is 3. The van der Waals surface area contributed by atoms with Gasteiger partial charge in [0.05, 0.1) is 33.6 Å². The van der Waals surface area contributed by atoms with Gasteiger partial charge in [0.2, 0.25) is 10.0 Å². The van der Waals surface area contributed by atoms with Gasteiger partial charge in [0.1, 0.15) is 0 Å². The van der Waals surface area contributed by atoms with Crippen LogP contribution in [0.2, 0.25) is 0 Å². The maximum atomic E-state index is 12.6. The maximum Gasteiger partial charge on any atom is 0.261 e. The highest BCUT2D eigenvalue weighted by Gasteiger charge is 2.49. The lowest BCUT2D eigenvalue weighted by Crippen LogP contribution is -2.45. The number of ketones is 1. The lowest BCUT2D eigenvalue weighted by Gasteiger charge is -2.46. The first-order chi connectivity index (χ1) is 14.2. The minimum absolute atomic E-state index is 0.0657. The molecule has 2 aliphatic carbocycles. The van der Waals surface area contributed by atoms with E-state index in [1.165, 1.54) is 31.9 Å².